The van der Waals surface area contributed by atoms with Gasteiger partial charge < -0.3 is 15.4 Å². The van der Waals surface area contributed by atoms with Crippen LogP contribution in [-0.2, 0) is 9.59 Å². The molecule has 144 valence electrons. The number of thioether (sulfide) groups is 1. The smallest absolute Gasteiger partial charge is 0.234 e. The summed E-state index contributed by atoms with van der Waals surface area (Å²) in [4.78, 5) is 24.1. The standard InChI is InChI=1S/C21H26N2O3S/c1-4-26-19-8-6-5-7-18(19)23-21(25)14-27-13-20(24)22-17-11-9-16(10-12-17)15(2)3/h5-12,15H,4,13-14H2,1-3H3,(H,22,24)(H,23,25). The van der Waals surface area contributed by atoms with Crippen LogP contribution < -0.4 is 15.4 Å². The number of anilines is 2. The second kappa shape index (κ2) is 10.6. The number of nitrogens with one attached hydrogen (secondary N) is 2. The Morgan fingerprint density at radius 3 is 2.22 bits per heavy atom. The average molecular weight is 387 g/mol. The summed E-state index contributed by atoms with van der Waals surface area (Å²) in [6.45, 7) is 6.67. The molecule has 0 heterocycles. The third kappa shape index (κ3) is 6.98. The molecule has 2 aromatic carbocycles. The number of ether oxygens (including phenoxy) is 1. The van der Waals surface area contributed by atoms with Gasteiger partial charge in [-0.05, 0) is 42.7 Å². The van der Waals surface area contributed by atoms with Crippen LogP contribution in [0.2, 0.25) is 0 Å². The van der Waals surface area contributed by atoms with Gasteiger partial charge in [0.1, 0.15) is 5.75 Å². The van der Waals surface area contributed by atoms with Crippen molar-refractivity contribution in [3.8, 4) is 5.75 Å². The Hall–Kier alpha value is -2.47. The van der Waals surface area contributed by atoms with E-state index in [4.69, 9.17) is 4.74 Å². The summed E-state index contributed by atoms with van der Waals surface area (Å²) in [6.07, 6.45) is 0. The van der Waals surface area contributed by atoms with Crippen LogP contribution in [0.15, 0.2) is 48.5 Å². The minimum Gasteiger partial charge on any atom is -0.492 e. The fourth-order valence-electron chi connectivity index (χ4n) is 2.42. The quantitative estimate of drug-likeness (QED) is 0.665. The van der Waals surface area contributed by atoms with Crippen molar-refractivity contribution in [1.82, 2.24) is 0 Å². The Kier molecular flexibility index (Phi) is 8.20. The minimum absolute atomic E-state index is 0.125. The summed E-state index contributed by atoms with van der Waals surface area (Å²) in [5.74, 6) is 1.21. The number of amides is 2. The van der Waals surface area contributed by atoms with E-state index in [1.807, 2.05) is 49.4 Å². The fraction of sp³-hybridized carbons (Fsp3) is 0.333. The molecule has 0 atom stereocenters. The summed E-state index contributed by atoms with van der Waals surface area (Å²) >= 11 is 1.27. The molecule has 0 saturated carbocycles. The molecule has 0 aliphatic rings. The monoisotopic (exact) mass is 386 g/mol. The number of benzene rings is 2. The summed E-state index contributed by atoms with van der Waals surface area (Å²) in [5.41, 5.74) is 2.63. The largest absolute Gasteiger partial charge is 0.492 e. The third-order valence-corrected chi connectivity index (χ3v) is 4.72. The topological polar surface area (TPSA) is 67.4 Å². The molecular weight excluding hydrogens is 360 g/mol. The van der Waals surface area contributed by atoms with E-state index in [-0.39, 0.29) is 23.3 Å². The number of hydrogen-bond acceptors (Lipinski definition) is 4. The molecule has 0 aliphatic carbocycles. The normalized spacial score (nSPS) is 10.5. The molecule has 0 aliphatic heterocycles. The van der Waals surface area contributed by atoms with Crippen LogP contribution in [0, 0.1) is 0 Å². The molecule has 0 unspecified atom stereocenters. The maximum absolute atomic E-state index is 12.1. The van der Waals surface area contributed by atoms with E-state index in [2.05, 4.69) is 24.5 Å². The maximum atomic E-state index is 12.1. The van der Waals surface area contributed by atoms with Gasteiger partial charge in [0, 0.05) is 5.69 Å². The Morgan fingerprint density at radius 1 is 0.963 bits per heavy atom. The van der Waals surface area contributed by atoms with Crippen molar-refractivity contribution in [2.24, 2.45) is 0 Å². The van der Waals surface area contributed by atoms with Gasteiger partial charge in [-0.3, -0.25) is 9.59 Å². The van der Waals surface area contributed by atoms with E-state index in [1.165, 1.54) is 17.3 Å². The van der Waals surface area contributed by atoms with Crippen LogP contribution in [0.3, 0.4) is 0 Å². The van der Waals surface area contributed by atoms with Gasteiger partial charge in [0.05, 0.1) is 23.8 Å². The van der Waals surface area contributed by atoms with Gasteiger partial charge in [-0.1, -0.05) is 38.1 Å². The summed E-state index contributed by atoms with van der Waals surface area (Å²) in [7, 11) is 0. The molecule has 0 radical (unpaired) electrons. The van der Waals surface area contributed by atoms with Gasteiger partial charge in [-0.15, -0.1) is 11.8 Å². The van der Waals surface area contributed by atoms with Gasteiger partial charge in [-0.25, -0.2) is 0 Å². The van der Waals surface area contributed by atoms with Gasteiger partial charge in [-0.2, -0.15) is 0 Å². The van der Waals surface area contributed by atoms with E-state index in [1.54, 1.807) is 6.07 Å². The molecule has 5 nitrogen and oxygen atoms in total. The number of carbonyl (C=O) groups excluding carboxylic acids is 2. The van der Waals surface area contributed by atoms with E-state index in [0.717, 1.165) is 5.69 Å². The summed E-state index contributed by atoms with van der Waals surface area (Å²) in [6, 6.07) is 15.1. The summed E-state index contributed by atoms with van der Waals surface area (Å²) < 4.78 is 5.48. The molecule has 0 aromatic heterocycles. The minimum atomic E-state index is -0.166. The van der Waals surface area contributed by atoms with E-state index in [9.17, 15) is 9.59 Å². The lowest BCUT2D eigenvalue weighted by molar-refractivity contribution is -0.114. The van der Waals surface area contributed by atoms with Crippen molar-refractivity contribution in [3.05, 3.63) is 54.1 Å². The zero-order valence-electron chi connectivity index (χ0n) is 16.0. The molecule has 0 bridgehead atoms. The first-order valence-electron chi connectivity index (χ1n) is 8.98. The van der Waals surface area contributed by atoms with Crippen LogP contribution in [0.4, 0.5) is 11.4 Å². The van der Waals surface area contributed by atoms with Crippen molar-refractivity contribution >= 4 is 35.0 Å². The Labute approximate surface area is 164 Å². The number of hydrogen-bond donors (Lipinski definition) is 2. The highest BCUT2D eigenvalue weighted by atomic mass is 32.2. The molecule has 0 spiro atoms. The van der Waals surface area contributed by atoms with Crippen molar-refractivity contribution in [2.45, 2.75) is 26.7 Å². The van der Waals surface area contributed by atoms with E-state index < -0.39 is 0 Å². The number of para-hydroxylation sites is 2. The molecule has 2 amide bonds. The van der Waals surface area contributed by atoms with Crippen molar-refractivity contribution in [3.63, 3.8) is 0 Å². The zero-order valence-corrected chi connectivity index (χ0v) is 16.8. The highest BCUT2D eigenvalue weighted by Gasteiger charge is 2.09. The first kappa shape index (κ1) is 20.8. The Morgan fingerprint density at radius 2 is 1.59 bits per heavy atom. The lowest BCUT2D eigenvalue weighted by Gasteiger charge is -2.11. The molecule has 2 N–H and O–H groups in total. The van der Waals surface area contributed by atoms with Crippen molar-refractivity contribution < 1.29 is 14.3 Å². The van der Waals surface area contributed by atoms with Crippen molar-refractivity contribution in [1.29, 1.82) is 0 Å². The molecule has 2 aromatic rings. The van der Waals surface area contributed by atoms with E-state index in [0.29, 0.717) is 24.0 Å². The summed E-state index contributed by atoms with van der Waals surface area (Å²) in [5, 5.41) is 5.66. The van der Waals surface area contributed by atoms with Crippen LogP contribution in [0.5, 0.6) is 5.75 Å². The second-order valence-electron chi connectivity index (χ2n) is 6.30. The molecule has 27 heavy (non-hydrogen) atoms. The molecule has 2 rings (SSSR count). The Bertz CT molecular complexity index is 760. The van der Waals surface area contributed by atoms with Gasteiger partial charge in [0.2, 0.25) is 11.8 Å². The average Bonchev–Trinajstić information content (AvgIpc) is 2.64. The van der Waals surface area contributed by atoms with Crippen LogP contribution >= 0.6 is 11.8 Å². The van der Waals surface area contributed by atoms with Gasteiger partial charge in [0.15, 0.2) is 0 Å². The first-order chi connectivity index (χ1) is 13.0. The first-order valence-corrected chi connectivity index (χ1v) is 10.1. The Balaban J connectivity index is 1.75. The number of rotatable bonds is 9. The van der Waals surface area contributed by atoms with Crippen LogP contribution in [0.1, 0.15) is 32.3 Å². The van der Waals surface area contributed by atoms with Gasteiger partial charge >= 0.3 is 0 Å². The fourth-order valence-corrected chi connectivity index (χ4v) is 3.04. The lowest BCUT2D eigenvalue weighted by Crippen LogP contribution is -2.18. The predicted octanol–water partition coefficient (Wildman–Crippen LogP) is 4.52. The molecule has 0 fully saturated rings. The van der Waals surface area contributed by atoms with Crippen LogP contribution in [0.25, 0.3) is 0 Å². The zero-order chi connectivity index (χ0) is 19.6. The third-order valence-electron chi connectivity index (χ3n) is 3.79. The highest BCUT2D eigenvalue weighted by Crippen LogP contribution is 2.24. The number of carbonyl (C=O) groups is 2. The van der Waals surface area contributed by atoms with Crippen LogP contribution in [-0.4, -0.2) is 29.9 Å². The van der Waals surface area contributed by atoms with Crippen molar-refractivity contribution in [2.75, 3.05) is 28.7 Å². The highest BCUT2D eigenvalue weighted by molar-refractivity contribution is 8.00. The second-order valence-corrected chi connectivity index (χ2v) is 7.28. The maximum Gasteiger partial charge on any atom is 0.234 e. The molecule has 6 heteroatoms. The predicted molar refractivity (Wildman–Crippen MR) is 113 cm³/mol. The van der Waals surface area contributed by atoms with Gasteiger partial charge in [0.25, 0.3) is 0 Å². The molecule has 0 saturated heterocycles. The SMILES string of the molecule is CCOc1ccccc1NC(=O)CSCC(=O)Nc1ccc(C(C)C)cc1. The van der Waals surface area contributed by atoms with E-state index >= 15 is 0 Å². The lowest BCUT2D eigenvalue weighted by atomic mass is 10.0. The molecular formula is C21H26N2O3S.